The van der Waals surface area contributed by atoms with Crippen LogP contribution in [0.5, 0.6) is 0 Å². The molecule has 0 radical (unpaired) electrons. The van der Waals surface area contributed by atoms with Crippen LogP contribution in [-0.2, 0) is 12.8 Å². The molecule has 1 fully saturated rings. The summed E-state index contributed by atoms with van der Waals surface area (Å²) >= 11 is 0. The summed E-state index contributed by atoms with van der Waals surface area (Å²) in [5, 5.41) is 4.00. The molecule has 1 saturated heterocycles. The fourth-order valence-electron chi connectivity index (χ4n) is 3.60. The van der Waals surface area contributed by atoms with Crippen LogP contribution in [-0.4, -0.2) is 27.5 Å². The first kappa shape index (κ1) is 13.5. The Kier molecular flexibility index (Phi) is 3.21. The van der Waals surface area contributed by atoms with E-state index in [2.05, 4.69) is 22.3 Å². The van der Waals surface area contributed by atoms with Crippen molar-refractivity contribution >= 4 is 5.91 Å². The molecular weight excluding hydrogens is 278 g/mol. The first-order chi connectivity index (χ1) is 10.7. The molecule has 0 saturated carbocycles. The summed E-state index contributed by atoms with van der Waals surface area (Å²) in [5.41, 5.74) is 3.51. The lowest BCUT2D eigenvalue weighted by Crippen LogP contribution is -2.31. The van der Waals surface area contributed by atoms with Crippen molar-refractivity contribution in [3.05, 3.63) is 46.6 Å². The average molecular weight is 297 g/mol. The Hall–Kier alpha value is -2.17. The van der Waals surface area contributed by atoms with Gasteiger partial charge in [-0.05, 0) is 55.4 Å². The third kappa shape index (κ3) is 2.21. The predicted octanol–water partition coefficient (Wildman–Crippen LogP) is 2.84. The van der Waals surface area contributed by atoms with Crippen molar-refractivity contribution in [2.75, 3.05) is 6.54 Å². The van der Waals surface area contributed by atoms with E-state index in [0.717, 1.165) is 37.8 Å². The number of carbonyl (C=O) groups excluding carboxylic acids is 1. The van der Waals surface area contributed by atoms with E-state index >= 15 is 0 Å². The largest absolute Gasteiger partial charge is 0.340 e. The zero-order valence-electron chi connectivity index (χ0n) is 12.7. The second-order valence-corrected chi connectivity index (χ2v) is 6.17. The second kappa shape index (κ2) is 5.23. The number of aromatic nitrogens is 2. The molecule has 114 valence electrons. The van der Waals surface area contributed by atoms with E-state index in [1.165, 1.54) is 17.5 Å². The Balaban J connectivity index is 1.61. The SMILES string of the molecule is Cc1nc(C2CCCN2C(=O)c2ccc3c(c2)CCC3)no1. The molecule has 22 heavy (non-hydrogen) atoms. The first-order valence-corrected chi connectivity index (χ1v) is 7.95. The normalized spacial score (nSPS) is 20.4. The quantitative estimate of drug-likeness (QED) is 0.855. The Morgan fingerprint density at radius 1 is 1.27 bits per heavy atom. The van der Waals surface area contributed by atoms with E-state index in [-0.39, 0.29) is 11.9 Å². The summed E-state index contributed by atoms with van der Waals surface area (Å²) in [6, 6.07) is 6.09. The van der Waals surface area contributed by atoms with Gasteiger partial charge >= 0.3 is 0 Å². The third-order valence-corrected chi connectivity index (χ3v) is 4.70. The molecule has 0 bridgehead atoms. The van der Waals surface area contributed by atoms with Crippen molar-refractivity contribution in [2.45, 2.75) is 45.1 Å². The minimum atomic E-state index is -0.0572. The molecule has 0 N–H and O–H groups in total. The maximum absolute atomic E-state index is 12.9. The molecular formula is C17H19N3O2. The van der Waals surface area contributed by atoms with Crippen LogP contribution in [0, 0.1) is 6.92 Å². The summed E-state index contributed by atoms with van der Waals surface area (Å²) < 4.78 is 5.07. The number of aryl methyl sites for hydroxylation is 3. The summed E-state index contributed by atoms with van der Waals surface area (Å²) in [4.78, 5) is 19.1. The number of rotatable bonds is 2. The maximum atomic E-state index is 12.9. The molecule has 1 aliphatic carbocycles. The van der Waals surface area contributed by atoms with Gasteiger partial charge in [-0.2, -0.15) is 4.98 Å². The minimum Gasteiger partial charge on any atom is -0.340 e. The topological polar surface area (TPSA) is 59.2 Å². The molecule has 1 unspecified atom stereocenters. The number of carbonyl (C=O) groups is 1. The lowest BCUT2D eigenvalue weighted by atomic mass is 10.1. The lowest BCUT2D eigenvalue weighted by Gasteiger charge is -2.22. The van der Waals surface area contributed by atoms with Gasteiger partial charge < -0.3 is 9.42 Å². The zero-order chi connectivity index (χ0) is 15.1. The minimum absolute atomic E-state index is 0.0572. The fraction of sp³-hybridized carbons (Fsp3) is 0.471. The number of benzene rings is 1. The van der Waals surface area contributed by atoms with E-state index in [1.54, 1.807) is 6.92 Å². The van der Waals surface area contributed by atoms with Crippen molar-refractivity contribution in [3.63, 3.8) is 0 Å². The molecule has 1 aromatic heterocycles. The van der Waals surface area contributed by atoms with Crippen LogP contribution in [0.15, 0.2) is 22.7 Å². The van der Waals surface area contributed by atoms with E-state index in [9.17, 15) is 4.79 Å². The first-order valence-electron chi connectivity index (χ1n) is 7.95. The van der Waals surface area contributed by atoms with Gasteiger partial charge in [0.05, 0.1) is 6.04 Å². The number of amides is 1. The number of fused-ring (bicyclic) bond motifs is 1. The van der Waals surface area contributed by atoms with Crippen LogP contribution >= 0.6 is 0 Å². The molecule has 2 aromatic rings. The highest BCUT2D eigenvalue weighted by atomic mass is 16.5. The highest BCUT2D eigenvalue weighted by molar-refractivity contribution is 5.95. The monoisotopic (exact) mass is 297 g/mol. The summed E-state index contributed by atoms with van der Waals surface area (Å²) in [7, 11) is 0. The highest BCUT2D eigenvalue weighted by Gasteiger charge is 2.33. The van der Waals surface area contributed by atoms with Gasteiger partial charge in [-0.25, -0.2) is 0 Å². The molecule has 2 aliphatic rings. The lowest BCUT2D eigenvalue weighted by molar-refractivity contribution is 0.0728. The standard InChI is InChI=1S/C17H19N3O2/c1-11-18-16(19-22-11)15-6-3-9-20(15)17(21)14-8-7-12-4-2-5-13(12)10-14/h7-8,10,15H,2-6,9H2,1H3. The summed E-state index contributed by atoms with van der Waals surface area (Å²) in [5.74, 6) is 1.26. The number of hydrogen-bond donors (Lipinski definition) is 0. The Morgan fingerprint density at radius 2 is 2.14 bits per heavy atom. The van der Waals surface area contributed by atoms with E-state index in [1.807, 2.05) is 11.0 Å². The van der Waals surface area contributed by atoms with Gasteiger partial charge in [-0.3, -0.25) is 4.79 Å². The highest BCUT2D eigenvalue weighted by Crippen LogP contribution is 2.32. The van der Waals surface area contributed by atoms with Gasteiger partial charge in [-0.1, -0.05) is 11.2 Å². The van der Waals surface area contributed by atoms with Gasteiger partial charge in [0.25, 0.3) is 5.91 Å². The van der Waals surface area contributed by atoms with Crippen molar-refractivity contribution in [1.82, 2.24) is 15.0 Å². The zero-order valence-corrected chi connectivity index (χ0v) is 12.7. The molecule has 4 rings (SSSR count). The van der Waals surface area contributed by atoms with Crippen LogP contribution in [0.3, 0.4) is 0 Å². The third-order valence-electron chi connectivity index (χ3n) is 4.70. The maximum Gasteiger partial charge on any atom is 0.254 e. The van der Waals surface area contributed by atoms with Gasteiger partial charge in [0.1, 0.15) is 0 Å². The molecule has 0 spiro atoms. The van der Waals surface area contributed by atoms with E-state index < -0.39 is 0 Å². The average Bonchev–Trinajstić information content (AvgIpc) is 3.25. The van der Waals surface area contributed by atoms with Crippen LogP contribution in [0.25, 0.3) is 0 Å². The second-order valence-electron chi connectivity index (χ2n) is 6.17. The number of likely N-dealkylation sites (tertiary alicyclic amines) is 1. The van der Waals surface area contributed by atoms with E-state index in [4.69, 9.17) is 4.52 Å². The van der Waals surface area contributed by atoms with Crippen molar-refractivity contribution in [2.24, 2.45) is 0 Å². The summed E-state index contributed by atoms with van der Waals surface area (Å²) in [6.45, 7) is 2.53. The van der Waals surface area contributed by atoms with E-state index in [0.29, 0.717) is 11.7 Å². The predicted molar refractivity (Wildman–Crippen MR) is 80.5 cm³/mol. The molecule has 1 atom stereocenters. The van der Waals surface area contributed by atoms with Crippen molar-refractivity contribution in [1.29, 1.82) is 0 Å². The molecule has 1 aromatic carbocycles. The van der Waals surface area contributed by atoms with Gasteiger partial charge in [0, 0.05) is 19.0 Å². The van der Waals surface area contributed by atoms with Gasteiger partial charge in [-0.15, -0.1) is 0 Å². The smallest absolute Gasteiger partial charge is 0.254 e. The van der Waals surface area contributed by atoms with Crippen LogP contribution in [0.4, 0.5) is 0 Å². The van der Waals surface area contributed by atoms with Crippen LogP contribution in [0.2, 0.25) is 0 Å². The van der Waals surface area contributed by atoms with Crippen LogP contribution < -0.4 is 0 Å². The Labute approximate surface area is 129 Å². The number of hydrogen-bond acceptors (Lipinski definition) is 4. The Morgan fingerprint density at radius 3 is 2.95 bits per heavy atom. The Bertz CT molecular complexity index is 722. The fourth-order valence-corrected chi connectivity index (χ4v) is 3.60. The van der Waals surface area contributed by atoms with Gasteiger partial charge in [0.2, 0.25) is 5.89 Å². The van der Waals surface area contributed by atoms with Crippen molar-refractivity contribution < 1.29 is 9.32 Å². The molecule has 5 nitrogen and oxygen atoms in total. The summed E-state index contributed by atoms with van der Waals surface area (Å²) in [6.07, 6.45) is 5.30. The molecule has 1 aliphatic heterocycles. The van der Waals surface area contributed by atoms with Crippen molar-refractivity contribution in [3.8, 4) is 0 Å². The molecule has 1 amide bonds. The molecule has 5 heteroatoms. The van der Waals surface area contributed by atoms with Gasteiger partial charge in [0.15, 0.2) is 5.82 Å². The number of nitrogens with zero attached hydrogens (tertiary/aromatic N) is 3. The molecule has 2 heterocycles. The van der Waals surface area contributed by atoms with Crippen LogP contribution in [0.1, 0.15) is 58.5 Å².